The molecule has 0 radical (unpaired) electrons. The third-order valence-electron chi connectivity index (χ3n) is 3.96. The fourth-order valence-corrected chi connectivity index (χ4v) is 4.22. The van der Waals surface area contributed by atoms with Gasteiger partial charge in [-0.1, -0.05) is 35.5 Å². The van der Waals surface area contributed by atoms with Crippen molar-refractivity contribution in [3.8, 4) is 11.4 Å². The number of halogens is 1. The average molecular weight is 466 g/mol. The van der Waals surface area contributed by atoms with E-state index in [-0.39, 0.29) is 11.7 Å². The van der Waals surface area contributed by atoms with Gasteiger partial charge in [-0.05, 0) is 43.3 Å². The Bertz CT molecular complexity index is 1150. The van der Waals surface area contributed by atoms with Gasteiger partial charge in [0.15, 0.2) is 11.0 Å². The van der Waals surface area contributed by atoms with E-state index in [1.54, 1.807) is 48.5 Å². The molecule has 1 aromatic heterocycles. The van der Waals surface area contributed by atoms with Crippen LogP contribution in [-0.4, -0.2) is 41.1 Å². The number of anilines is 2. The number of hydrogen-bond donors (Lipinski definition) is 2. The Morgan fingerprint density at radius 2 is 1.83 bits per heavy atom. The molecule has 3 rings (SSSR count). The van der Waals surface area contributed by atoms with Crippen LogP contribution in [0.1, 0.15) is 6.92 Å². The average Bonchev–Trinajstić information content (AvgIpc) is 3.10. The van der Waals surface area contributed by atoms with Gasteiger partial charge in [-0.3, -0.25) is 9.52 Å². The molecule has 0 aliphatic carbocycles. The molecule has 1 heterocycles. The number of sulfonamides is 1. The summed E-state index contributed by atoms with van der Waals surface area (Å²) in [5.74, 6) is 0.592. The first-order chi connectivity index (χ1) is 14.3. The van der Waals surface area contributed by atoms with E-state index in [2.05, 4.69) is 20.2 Å². The van der Waals surface area contributed by atoms with Crippen molar-refractivity contribution >= 4 is 50.7 Å². The molecule has 0 unspecified atom stereocenters. The lowest BCUT2D eigenvalue weighted by Gasteiger charge is -2.09. The number of rotatable bonds is 8. The van der Waals surface area contributed by atoms with Crippen LogP contribution in [0.3, 0.4) is 0 Å². The van der Waals surface area contributed by atoms with Crippen LogP contribution in [0.5, 0.6) is 0 Å². The highest BCUT2D eigenvalue weighted by Crippen LogP contribution is 2.26. The Balaban J connectivity index is 1.69. The third-order valence-corrected chi connectivity index (χ3v) is 5.86. The summed E-state index contributed by atoms with van der Waals surface area (Å²) in [7, 11) is -3.34. The molecule has 1 amide bonds. The molecule has 158 valence electrons. The van der Waals surface area contributed by atoms with Crippen molar-refractivity contribution in [1.29, 1.82) is 0 Å². The number of hydrogen-bond acceptors (Lipinski definition) is 6. The van der Waals surface area contributed by atoms with Crippen molar-refractivity contribution in [2.75, 3.05) is 22.0 Å². The number of aromatic nitrogens is 3. The van der Waals surface area contributed by atoms with Crippen LogP contribution in [0.2, 0.25) is 5.02 Å². The number of carbonyl (C=O) groups excluding carboxylic acids is 1. The molecule has 30 heavy (non-hydrogen) atoms. The Morgan fingerprint density at radius 3 is 2.47 bits per heavy atom. The zero-order valence-electron chi connectivity index (χ0n) is 16.3. The predicted octanol–water partition coefficient (Wildman–Crippen LogP) is 3.72. The SMILES string of the molecule is CCn1c(SCC(=O)Nc2ccccc2Cl)nnc1-c1ccc(NS(C)(=O)=O)cc1. The maximum absolute atomic E-state index is 12.3. The van der Waals surface area contributed by atoms with Crippen LogP contribution >= 0.6 is 23.4 Å². The molecule has 0 saturated heterocycles. The molecule has 3 aromatic rings. The van der Waals surface area contributed by atoms with Gasteiger partial charge in [-0.25, -0.2) is 8.42 Å². The van der Waals surface area contributed by atoms with E-state index in [0.29, 0.717) is 33.9 Å². The molecule has 11 heteroatoms. The number of nitrogens with one attached hydrogen (secondary N) is 2. The summed E-state index contributed by atoms with van der Waals surface area (Å²) in [6.45, 7) is 2.57. The highest BCUT2D eigenvalue weighted by Gasteiger charge is 2.15. The van der Waals surface area contributed by atoms with Gasteiger partial charge in [0.25, 0.3) is 0 Å². The Morgan fingerprint density at radius 1 is 1.13 bits per heavy atom. The Labute approximate surface area is 184 Å². The third kappa shape index (κ3) is 5.74. The van der Waals surface area contributed by atoms with Gasteiger partial charge in [0.1, 0.15) is 0 Å². The van der Waals surface area contributed by atoms with Crippen LogP contribution < -0.4 is 10.0 Å². The number of carbonyl (C=O) groups is 1. The van der Waals surface area contributed by atoms with Gasteiger partial charge in [-0.15, -0.1) is 10.2 Å². The second-order valence-corrected chi connectivity index (χ2v) is 9.42. The van der Waals surface area contributed by atoms with Crippen LogP contribution in [0.25, 0.3) is 11.4 Å². The van der Waals surface area contributed by atoms with Crippen molar-refractivity contribution in [1.82, 2.24) is 14.8 Å². The van der Waals surface area contributed by atoms with Crippen LogP contribution in [0.15, 0.2) is 53.7 Å². The molecule has 2 aromatic carbocycles. The molecule has 0 atom stereocenters. The Kier molecular flexibility index (Phi) is 7.01. The molecular formula is C19H20ClN5O3S2. The fraction of sp³-hybridized carbons (Fsp3) is 0.211. The summed E-state index contributed by atoms with van der Waals surface area (Å²) < 4.78 is 27.0. The zero-order chi connectivity index (χ0) is 21.7. The van der Waals surface area contributed by atoms with Crippen molar-refractivity contribution in [2.45, 2.75) is 18.6 Å². The number of amides is 1. The second kappa shape index (κ2) is 9.50. The van der Waals surface area contributed by atoms with Gasteiger partial charge in [0.2, 0.25) is 15.9 Å². The first-order valence-corrected chi connectivity index (χ1v) is 12.2. The summed E-state index contributed by atoms with van der Waals surface area (Å²) in [6.07, 6.45) is 1.10. The van der Waals surface area contributed by atoms with Gasteiger partial charge in [0, 0.05) is 17.8 Å². The molecule has 0 saturated carbocycles. The van der Waals surface area contributed by atoms with Crippen molar-refractivity contribution in [3.63, 3.8) is 0 Å². The van der Waals surface area contributed by atoms with E-state index in [0.717, 1.165) is 11.8 Å². The standard InChI is InChI=1S/C19H20ClN5O3S2/c1-3-25-18(13-8-10-14(11-9-13)24-30(2,27)28)22-23-19(25)29-12-17(26)21-16-7-5-4-6-15(16)20/h4-11,24H,3,12H2,1-2H3,(H,21,26). The summed E-state index contributed by atoms with van der Waals surface area (Å²) in [5.41, 5.74) is 1.82. The number of thioether (sulfide) groups is 1. The van der Waals surface area contributed by atoms with E-state index in [1.165, 1.54) is 11.8 Å². The second-order valence-electron chi connectivity index (χ2n) is 6.32. The summed E-state index contributed by atoms with van der Waals surface area (Å²) in [5, 5.41) is 12.3. The molecule has 0 fully saturated rings. The number of benzene rings is 2. The highest BCUT2D eigenvalue weighted by atomic mass is 35.5. The largest absolute Gasteiger partial charge is 0.324 e. The number of nitrogens with zero attached hydrogens (tertiary/aromatic N) is 3. The maximum atomic E-state index is 12.3. The molecule has 8 nitrogen and oxygen atoms in total. The van der Waals surface area contributed by atoms with Crippen LogP contribution in [0.4, 0.5) is 11.4 Å². The molecule has 0 bridgehead atoms. The molecule has 0 spiro atoms. The minimum atomic E-state index is -3.34. The van der Waals surface area contributed by atoms with Crippen molar-refractivity contribution < 1.29 is 13.2 Å². The normalized spacial score (nSPS) is 11.3. The van der Waals surface area contributed by atoms with E-state index in [4.69, 9.17) is 11.6 Å². The molecular weight excluding hydrogens is 446 g/mol. The molecule has 0 aliphatic rings. The van der Waals surface area contributed by atoms with Crippen molar-refractivity contribution in [2.24, 2.45) is 0 Å². The van der Waals surface area contributed by atoms with Crippen molar-refractivity contribution in [3.05, 3.63) is 53.6 Å². The molecule has 2 N–H and O–H groups in total. The quantitative estimate of drug-likeness (QED) is 0.491. The maximum Gasteiger partial charge on any atom is 0.234 e. The van der Waals surface area contributed by atoms with Gasteiger partial charge in [0.05, 0.1) is 22.7 Å². The number of para-hydroxylation sites is 1. The Hall–Kier alpha value is -2.56. The lowest BCUT2D eigenvalue weighted by atomic mass is 10.2. The van der Waals surface area contributed by atoms with E-state index in [1.807, 2.05) is 11.5 Å². The first kappa shape index (κ1) is 22.1. The lowest BCUT2D eigenvalue weighted by Crippen LogP contribution is -2.15. The fourth-order valence-electron chi connectivity index (χ4n) is 2.67. The highest BCUT2D eigenvalue weighted by molar-refractivity contribution is 7.99. The predicted molar refractivity (Wildman–Crippen MR) is 120 cm³/mol. The van der Waals surface area contributed by atoms with Gasteiger partial charge >= 0.3 is 0 Å². The minimum Gasteiger partial charge on any atom is -0.324 e. The summed E-state index contributed by atoms with van der Waals surface area (Å²) in [6, 6.07) is 13.9. The first-order valence-electron chi connectivity index (χ1n) is 8.95. The topological polar surface area (TPSA) is 106 Å². The van der Waals surface area contributed by atoms with E-state index in [9.17, 15) is 13.2 Å². The lowest BCUT2D eigenvalue weighted by molar-refractivity contribution is -0.113. The molecule has 0 aliphatic heterocycles. The van der Waals surface area contributed by atoms with Gasteiger partial charge < -0.3 is 9.88 Å². The van der Waals surface area contributed by atoms with Crippen LogP contribution in [0, 0.1) is 0 Å². The van der Waals surface area contributed by atoms with E-state index >= 15 is 0 Å². The van der Waals surface area contributed by atoms with E-state index < -0.39 is 10.0 Å². The van der Waals surface area contributed by atoms with Crippen LogP contribution in [-0.2, 0) is 21.4 Å². The summed E-state index contributed by atoms with van der Waals surface area (Å²) in [4.78, 5) is 12.3. The monoisotopic (exact) mass is 465 g/mol. The van der Waals surface area contributed by atoms with Gasteiger partial charge in [-0.2, -0.15) is 0 Å². The summed E-state index contributed by atoms with van der Waals surface area (Å²) >= 11 is 7.34. The smallest absolute Gasteiger partial charge is 0.234 e. The zero-order valence-corrected chi connectivity index (χ0v) is 18.7. The minimum absolute atomic E-state index is 0.153.